The van der Waals surface area contributed by atoms with Gasteiger partial charge in [-0.15, -0.1) is 0 Å². The molecule has 1 aromatic carbocycles. The maximum Gasteiger partial charge on any atom is 0.330 e. The Bertz CT molecular complexity index is 372. The number of carbonyl (C=O) groups excluding carboxylic acids is 1. The molecule has 0 atom stereocenters. The summed E-state index contributed by atoms with van der Waals surface area (Å²) in [5, 5.41) is 0. The van der Waals surface area contributed by atoms with Crippen LogP contribution in [0.5, 0.6) is 0 Å². The highest BCUT2D eigenvalue weighted by molar-refractivity contribution is 5.82. The van der Waals surface area contributed by atoms with Crippen LogP contribution >= 0.6 is 0 Å². The first-order valence-corrected chi connectivity index (χ1v) is 4.85. The molecule has 0 radical (unpaired) electrons. The standard InChI is InChI=1S/C12H12F2O2/c1-2-16-11(15)8-9-12(13,14)10-6-4-3-5-7-10/h3-9H,2H2,1H3. The van der Waals surface area contributed by atoms with E-state index in [0.717, 1.165) is 6.08 Å². The summed E-state index contributed by atoms with van der Waals surface area (Å²) in [7, 11) is 0. The molecular formula is C12H12F2O2. The molecule has 0 unspecified atom stereocenters. The number of alkyl halides is 2. The van der Waals surface area contributed by atoms with Crippen LogP contribution < -0.4 is 0 Å². The quantitative estimate of drug-likeness (QED) is 0.583. The van der Waals surface area contributed by atoms with Gasteiger partial charge < -0.3 is 4.74 Å². The molecule has 0 aliphatic heterocycles. The second-order valence-electron chi connectivity index (χ2n) is 3.07. The van der Waals surface area contributed by atoms with Gasteiger partial charge in [-0.25, -0.2) is 4.79 Å². The van der Waals surface area contributed by atoms with Gasteiger partial charge in [0.1, 0.15) is 0 Å². The lowest BCUT2D eigenvalue weighted by Gasteiger charge is -2.11. The van der Waals surface area contributed by atoms with Crippen molar-refractivity contribution in [2.24, 2.45) is 0 Å². The molecule has 0 aliphatic rings. The lowest BCUT2D eigenvalue weighted by molar-refractivity contribution is -0.137. The molecule has 16 heavy (non-hydrogen) atoms. The Balaban J connectivity index is 2.76. The largest absolute Gasteiger partial charge is 0.463 e. The highest BCUT2D eigenvalue weighted by Crippen LogP contribution is 2.28. The highest BCUT2D eigenvalue weighted by Gasteiger charge is 2.27. The van der Waals surface area contributed by atoms with E-state index < -0.39 is 11.9 Å². The Morgan fingerprint density at radius 1 is 1.38 bits per heavy atom. The average Bonchev–Trinajstić information content (AvgIpc) is 2.28. The van der Waals surface area contributed by atoms with Crippen LogP contribution in [0, 0.1) is 0 Å². The van der Waals surface area contributed by atoms with Gasteiger partial charge in [-0.2, -0.15) is 8.78 Å². The molecule has 2 nitrogen and oxygen atoms in total. The lowest BCUT2D eigenvalue weighted by atomic mass is 10.1. The van der Waals surface area contributed by atoms with E-state index in [1.807, 2.05) is 0 Å². The zero-order valence-corrected chi connectivity index (χ0v) is 8.82. The minimum Gasteiger partial charge on any atom is -0.463 e. The van der Waals surface area contributed by atoms with E-state index in [4.69, 9.17) is 0 Å². The summed E-state index contributed by atoms with van der Waals surface area (Å²) >= 11 is 0. The third kappa shape index (κ3) is 3.46. The van der Waals surface area contributed by atoms with E-state index in [-0.39, 0.29) is 12.2 Å². The van der Waals surface area contributed by atoms with Crippen molar-refractivity contribution in [1.29, 1.82) is 0 Å². The second kappa shape index (κ2) is 5.39. The van der Waals surface area contributed by atoms with Gasteiger partial charge in [0.05, 0.1) is 6.61 Å². The zero-order chi connectivity index (χ0) is 12.0. The van der Waals surface area contributed by atoms with Crippen LogP contribution in [0.1, 0.15) is 12.5 Å². The van der Waals surface area contributed by atoms with Crippen LogP contribution in [-0.2, 0) is 15.5 Å². The van der Waals surface area contributed by atoms with Crippen molar-refractivity contribution in [3.63, 3.8) is 0 Å². The third-order valence-corrected chi connectivity index (χ3v) is 1.87. The number of allylic oxidation sites excluding steroid dienone is 1. The Hall–Kier alpha value is -1.71. The van der Waals surface area contributed by atoms with Gasteiger partial charge in [-0.1, -0.05) is 30.3 Å². The van der Waals surface area contributed by atoms with Crippen LogP contribution in [0.3, 0.4) is 0 Å². The van der Waals surface area contributed by atoms with E-state index >= 15 is 0 Å². The first-order chi connectivity index (χ1) is 7.56. The van der Waals surface area contributed by atoms with E-state index in [2.05, 4.69) is 4.74 Å². The maximum atomic E-state index is 13.5. The van der Waals surface area contributed by atoms with Crippen LogP contribution in [0.2, 0.25) is 0 Å². The van der Waals surface area contributed by atoms with Crippen molar-refractivity contribution in [2.45, 2.75) is 12.8 Å². The molecule has 0 amide bonds. The Labute approximate surface area is 92.5 Å². The van der Waals surface area contributed by atoms with Crippen LogP contribution in [0.25, 0.3) is 0 Å². The van der Waals surface area contributed by atoms with Crippen molar-refractivity contribution in [1.82, 2.24) is 0 Å². The number of ether oxygens (including phenoxy) is 1. The number of halogens is 2. The summed E-state index contributed by atoms with van der Waals surface area (Å²) in [6, 6.07) is 7.28. The smallest absolute Gasteiger partial charge is 0.330 e. The number of rotatable bonds is 4. The van der Waals surface area contributed by atoms with Gasteiger partial charge >= 0.3 is 5.97 Å². The van der Waals surface area contributed by atoms with E-state index in [1.54, 1.807) is 13.0 Å². The van der Waals surface area contributed by atoms with E-state index in [1.165, 1.54) is 24.3 Å². The number of hydrogen-bond acceptors (Lipinski definition) is 2. The topological polar surface area (TPSA) is 26.3 Å². The molecule has 1 rings (SSSR count). The Morgan fingerprint density at radius 2 is 2.00 bits per heavy atom. The zero-order valence-electron chi connectivity index (χ0n) is 8.82. The molecule has 1 aromatic rings. The molecule has 0 heterocycles. The van der Waals surface area contributed by atoms with Gasteiger partial charge in [0, 0.05) is 11.6 Å². The summed E-state index contributed by atoms with van der Waals surface area (Å²) in [6.45, 7) is 1.78. The Morgan fingerprint density at radius 3 is 2.56 bits per heavy atom. The van der Waals surface area contributed by atoms with Gasteiger partial charge in [0.15, 0.2) is 0 Å². The first-order valence-electron chi connectivity index (χ1n) is 4.85. The fourth-order valence-electron chi connectivity index (χ4n) is 1.12. The fraction of sp³-hybridized carbons (Fsp3) is 0.250. The predicted molar refractivity (Wildman–Crippen MR) is 56.1 cm³/mol. The molecule has 0 saturated carbocycles. The van der Waals surface area contributed by atoms with Gasteiger partial charge in [0.2, 0.25) is 0 Å². The molecule has 4 heteroatoms. The summed E-state index contributed by atoms with van der Waals surface area (Å²) in [6.07, 6.45) is 1.29. The number of benzene rings is 1. The number of hydrogen-bond donors (Lipinski definition) is 0. The van der Waals surface area contributed by atoms with Gasteiger partial charge in [-0.3, -0.25) is 0 Å². The maximum absolute atomic E-state index is 13.5. The third-order valence-electron chi connectivity index (χ3n) is 1.87. The summed E-state index contributed by atoms with van der Waals surface area (Å²) < 4.78 is 31.4. The molecule has 86 valence electrons. The minimum atomic E-state index is -3.16. The van der Waals surface area contributed by atoms with Crippen LogP contribution in [0.4, 0.5) is 8.78 Å². The molecule has 0 spiro atoms. The number of esters is 1. The SMILES string of the molecule is CCOC(=O)C=CC(F)(F)c1ccccc1. The van der Waals surface area contributed by atoms with Crippen LogP contribution in [0.15, 0.2) is 42.5 Å². The fourth-order valence-corrected chi connectivity index (χ4v) is 1.12. The summed E-state index contributed by atoms with van der Waals surface area (Å²) in [5.74, 6) is -3.92. The van der Waals surface area contributed by atoms with Gasteiger partial charge in [-0.05, 0) is 13.0 Å². The van der Waals surface area contributed by atoms with Gasteiger partial charge in [0.25, 0.3) is 5.92 Å². The van der Waals surface area contributed by atoms with Crippen LogP contribution in [-0.4, -0.2) is 12.6 Å². The van der Waals surface area contributed by atoms with Crippen molar-refractivity contribution in [3.05, 3.63) is 48.0 Å². The van der Waals surface area contributed by atoms with Crippen molar-refractivity contribution >= 4 is 5.97 Å². The summed E-state index contributed by atoms with van der Waals surface area (Å²) in [4.78, 5) is 10.9. The van der Waals surface area contributed by atoms with E-state index in [9.17, 15) is 13.6 Å². The average molecular weight is 226 g/mol. The summed E-state index contributed by atoms with van der Waals surface area (Å²) in [5.41, 5.74) is -0.157. The molecule has 0 N–H and O–H groups in total. The Kier molecular flexibility index (Phi) is 4.17. The van der Waals surface area contributed by atoms with Crippen molar-refractivity contribution < 1.29 is 18.3 Å². The molecule has 0 bridgehead atoms. The molecule has 0 aliphatic carbocycles. The van der Waals surface area contributed by atoms with Crippen molar-refractivity contribution in [3.8, 4) is 0 Å². The molecule has 0 aromatic heterocycles. The van der Waals surface area contributed by atoms with Crippen molar-refractivity contribution in [2.75, 3.05) is 6.61 Å². The van der Waals surface area contributed by atoms with E-state index in [0.29, 0.717) is 6.08 Å². The first kappa shape index (κ1) is 12.4. The molecule has 0 fully saturated rings. The normalized spacial score (nSPS) is 11.7. The lowest BCUT2D eigenvalue weighted by Crippen LogP contribution is -2.10. The molecule has 0 saturated heterocycles. The highest BCUT2D eigenvalue weighted by atomic mass is 19.3. The molecular weight excluding hydrogens is 214 g/mol. The monoisotopic (exact) mass is 226 g/mol. The second-order valence-corrected chi connectivity index (χ2v) is 3.07. The minimum absolute atomic E-state index is 0.157. The predicted octanol–water partition coefficient (Wildman–Crippen LogP) is 2.90. The number of carbonyl (C=O) groups is 1.